The van der Waals surface area contributed by atoms with Crippen molar-refractivity contribution in [3.05, 3.63) is 35.4 Å². The normalized spacial score (nSPS) is 12.0. The van der Waals surface area contributed by atoms with Crippen LogP contribution in [0.4, 0.5) is 4.79 Å². The molecular weight excluding hydrogens is 310 g/mol. The van der Waals surface area contributed by atoms with E-state index >= 15 is 0 Å². The number of ether oxygens (including phenoxy) is 1. The summed E-state index contributed by atoms with van der Waals surface area (Å²) in [6.45, 7) is 5.20. The van der Waals surface area contributed by atoms with E-state index in [9.17, 15) is 14.9 Å². The molecule has 2 amide bonds. The molecular formula is C17H23N3O4. The number of rotatable bonds is 5. The minimum atomic E-state index is -0.917. The molecule has 0 saturated carbocycles. The maximum absolute atomic E-state index is 12.4. The van der Waals surface area contributed by atoms with E-state index in [1.807, 2.05) is 0 Å². The Morgan fingerprint density at radius 1 is 1.33 bits per heavy atom. The zero-order chi connectivity index (χ0) is 18.3. The SMILES string of the molecule is CON(C)C(=O)[C@H](Cc1ccccc1C#N)NC(=O)OC(C)(C)C. The Hall–Kier alpha value is -2.59. The molecule has 0 aliphatic rings. The number of hydrogen-bond donors (Lipinski definition) is 1. The van der Waals surface area contributed by atoms with Gasteiger partial charge in [-0.25, -0.2) is 9.86 Å². The van der Waals surface area contributed by atoms with Gasteiger partial charge in [0.2, 0.25) is 0 Å². The smallest absolute Gasteiger partial charge is 0.408 e. The summed E-state index contributed by atoms with van der Waals surface area (Å²) in [4.78, 5) is 29.3. The highest BCUT2D eigenvalue weighted by Gasteiger charge is 2.27. The molecule has 0 spiro atoms. The summed E-state index contributed by atoms with van der Waals surface area (Å²) in [7, 11) is 2.80. The van der Waals surface area contributed by atoms with Crippen LogP contribution in [-0.4, -0.2) is 42.9 Å². The molecule has 0 aliphatic carbocycles. The molecule has 1 rings (SSSR count). The molecule has 0 fully saturated rings. The third-order valence-corrected chi connectivity index (χ3v) is 3.14. The zero-order valence-electron chi connectivity index (χ0n) is 14.6. The van der Waals surface area contributed by atoms with E-state index in [0.29, 0.717) is 11.1 Å². The number of carbonyl (C=O) groups is 2. The average Bonchev–Trinajstić information content (AvgIpc) is 2.51. The number of benzene rings is 1. The predicted octanol–water partition coefficient (Wildman–Crippen LogP) is 2.01. The van der Waals surface area contributed by atoms with E-state index in [1.165, 1.54) is 14.2 Å². The molecule has 1 aromatic carbocycles. The molecule has 0 unspecified atom stereocenters. The Bertz CT molecular complexity index is 631. The third-order valence-electron chi connectivity index (χ3n) is 3.14. The van der Waals surface area contributed by atoms with Gasteiger partial charge in [-0.15, -0.1) is 0 Å². The Balaban J connectivity index is 3.00. The number of nitrogens with one attached hydrogen (secondary N) is 1. The van der Waals surface area contributed by atoms with Gasteiger partial charge in [0.25, 0.3) is 5.91 Å². The quantitative estimate of drug-likeness (QED) is 0.832. The highest BCUT2D eigenvalue weighted by atomic mass is 16.7. The predicted molar refractivity (Wildman–Crippen MR) is 87.8 cm³/mol. The number of likely N-dealkylation sites (N-methyl/N-ethyl adjacent to an activating group) is 1. The number of amides is 2. The van der Waals surface area contributed by atoms with Crippen molar-refractivity contribution in [1.29, 1.82) is 5.26 Å². The van der Waals surface area contributed by atoms with E-state index in [4.69, 9.17) is 9.57 Å². The fourth-order valence-electron chi connectivity index (χ4n) is 1.99. The number of nitrogens with zero attached hydrogens (tertiary/aromatic N) is 2. The van der Waals surface area contributed by atoms with Gasteiger partial charge >= 0.3 is 6.09 Å². The molecule has 7 nitrogen and oxygen atoms in total. The topological polar surface area (TPSA) is 91.7 Å². The largest absolute Gasteiger partial charge is 0.444 e. The van der Waals surface area contributed by atoms with E-state index < -0.39 is 23.6 Å². The summed E-state index contributed by atoms with van der Waals surface area (Å²) in [5.41, 5.74) is 0.412. The first kappa shape index (κ1) is 19.5. The van der Waals surface area contributed by atoms with Crippen molar-refractivity contribution in [2.75, 3.05) is 14.2 Å². The molecule has 0 saturated heterocycles. The van der Waals surface area contributed by atoms with Crippen molar-refractivity contribution in [2.45, 2.75) is 38.8 Å². The summed E-state index contributed by atoms with van der Waals surface area (Å²) in [5.74, 6) is -0.448. The molecule has 130 valence electrons. The fourth-order valence-corrected chi connectivity index (χ4v) is 1.99. The van der Waals surface area contributed by atoms with Gasteiger partial charge in [-0.1, -0.05) is 18.2 Å². The molecule has 1 aromatic rings. The van der Waals surface area contributed by atoms with Crippen LogP contribution in [0.25, 0.3) is 0 Å². The van der Waals surface area contributed by atoms with Crippen LogP contribution < -0.4 is 5.32 Å². The average molecular weight is 333 g/mol. The van der Waals surface area contributed by atoms with Gasteiger partial charge in [0, 0.05) is 13.5 Å². The third kappa shape index (κ3) is 5.89. The zero-order valence-corrected chi connectivity index (χ0v) is 14.6. The monoisotopic (exact) mass is 333 g/mol. The summed E-state index contributed by atoms with van der Waals surface area (Å²) in [6, 6.07) is 8.06. The summed E-state index contributed by atoms with van der Waals surface area (Å²) in [6.07, 6.45) is -0.560. The Morgan fingerprint density at radius 3 is 2.50 bits per heavy atom. The van der Waals surface area contributed by atoms with Crippen molar-refractivity contribution < 1.29 is 19.2 Å². The summed E-state index contributed by atoms with van der Waals surface area (Å²) < 4.78 is 5.20. The van der Waals surface area contributed by atoms with Crippen LogP contribution >= 0.6 is 0 Å². The van der Waals surface area contributed by atoms with Gasteiger partial charge in [-0.2, -0.15) is 5.26 Å². The second kappa shape index (κ2) is 8.31. The Labute approximate surface area is 142 Å². The lowest BCUT2D eigenvalue weighted by molar-refractivity contribution is -0.171. The Morgan fingerprint density at radius 2 is 1.96 bits per heavy atom. The first-order chi connectivity index (χ1) is 11.2. The van der Waals surface area contributed by atoms with E-state index in [-0.39, 0.29) is 6.42 Å². The van der Waals surface area contributed by atoms with Gasteiger partial charge in [-0.05, 0) is 32.4 Å². The first-order valence-electron chi connectivity index (χ1n) is 7.47. The van der Waals surface area contributed by atoms with Gasteiger partial charge < -0.3 is 10.1 Å². The van der Waals surface area contributed by atoms with Crippen LogP contribution in [0.15, 0.2) is 24.3 Å². The van der Waals surface area contributed by atoms with Crippen molar-refractivity contribution in [1.82, 2.24) is 10.4 Å². The fraction of sp³-hybridized carbons (Fsp3) is 0.471. The molecule has 1 N–H and O–H groups in total. The van der Waals surface area contributed by atoms with Crippen LogP contribution in [0.5, 0.6) is 0 Å². The lowest BCUT2D eigenvalue weighted by Crippen LogP contribution is -2.49. The van der Waals surface area contributed by atoms with Crippen molar-refractivity contribution >= 4 is 12.0 Å². The van der Waals surface area contributed by atoms with Crippen molar-refractivity contribution in [3.63, 3.8) is 0 Å². The molecule has 0 aliphatic heterocycles. The standard InChI is InChI=1S/C17H23N3O4/c1-17(2,3)24-16(22)19-14(15(21)20(4)23-5)10-12-8-6-7-9-13(12)11-18/h6-9,14H,10H2,1-5H3,(H,19,22)/t14-/m0/s1. The minimum absolute atomic E-state index is 0.148. The molecule has 0 aromatic heterocycles. The van der Waals surface area contributed by atoms with Gasteiger partial charge in [0.15, 0.2) is 0 Å². The number of alkyl carbamates (subject to hydrolysis) is 1. The van der Waals surface area contributed by atoms with Crippen LogP contribution in [0.2, 0.25) is 0 Å². The van der Waals surface area contributed by atoms with Crippen LogP contribution in [0.3, 0.4) is 0 Å². The summed E-state index contributed by atoms with van der Waals surface area (Å²) >= 11 is 0. The maximum atomic E-state index is 12.4. The molecule has 0 bridgehead atoms. The van der Waals surface area contributed by atoms with E-state index in [2.05, 4.69) is 11.4 Å². The molecule has 1 atom stereocenters. The van der Waals surface area contributed by atoms with E-state index in [0.717, 1.165) is 5.06 Å². The van der Waals surface area contributed by atoms with Crippen LogP contribution in [0.1, 0.15) is 31.9 Å². The summed E-state index contributed by atoms with van der Waals surface area (Å²) in [5, 5.41) is 12.7. The number of carbonyl (C=O) groups excluding carboxylic acids is 2. The second-order valence-corrected chi connectivity index (χ2v) is 6.19. The molecule has 0 radical (unpaired) electrons. The van der Waals surface area contributed by atoms with Gasteiger partial charge in [0.05, 0.1) is 18.7 Å². The second-order valence-electron chi connectivity index (χ2n) is 6.19. The van der Waals surface area contributed by atoms with Crippen LogP contribution in [-0.2, 0) is 20.8 Å². The maximum Gasteiger partial charge on any atom is 0.408 e. The number of hydroxylamine groups is 2. The molecule has 7 heteroatoms. The lowest BCUT2D eigenvalue weighted by Gasteiger charge is -2.25. The highest BCUT2D eigenvalue weighted by molar-refractivity contribution is 5.85. The molecule has 0 heterocycles. The van der Waals surface area contributed by atoms with E-state index in [1.54, 1.807) is 45.0 Å². The van der Waals surface area contributed by atoms with Crippen LogP contribution in [0, 0.1) is 11.3 Å². The highest BCUT2D eigenvalue weighted by Crippen LogP contribution is 2.13. The van der Waals surface area contributed by atoms with Gasteiger partial charge in [0.1, 0.15) is 11.6 Å². The first-order valence-corrected chi connectivity index (χ1v) is 7.47. The molecule has 24 heavy (non-hydrogen) atoms. The number of nitriles is 1. The van der Waals surface area contributed by atoms with Crippen molar-refractivity contribution in [3.8, 4) is 6.07 Å². The van der Waals surface area contributed by atoms with Gasteiger partial charge in [-0.3, -0.25) is 9.63 Å². The minimum Gasteiger partial charge on any atom is -0.444 e. The number of hydrogen-bond acceptors (Lipinski definition) is 5. The lowest BCUT2D eigenvalue weighted by atomic mass is 10.0. The van der Waals surface area contributed by atoms with Crippen molar-refractivity contribution in [2.24, 2.45) is 0 Å². The Kier molecular flexibility index (Phi) is 6.74.